The van der Waals surface area contributed by atoms with Gasteiger partial charge < -0.3 is 20.7 Å². The smallest absolute Gasteiger partial charge is 0.162 e. The van der Waals surface area contributed by atoms with E-state index in [1.807, 2.05) is 0 Å². The molecule has 0 aromatic heterocycles. The van der Waals surface area contributed by atoms with Gasteiger partial charge in [-0.1, -0.05) is 0 Å². The Morgan fingerprint density at radius 1 is 1.50 bits per heavy atom. The molecule has 0 spiro atoms. The van der Waals surface area contributed by atoms with E-state index in [9.17, 15) is 5.11 Å². The summed E-state index contributed by atoms with van der Waals surface area (Å²) >= 11 is 2.12. The first kappa shape index (κ1) is 15.8. The standard InChI is InChI=1S/C10H14INO3.ClH/c1-15-9-5-6(11)4-7(10(9)14)8(12)2-3-13;/h4-5,8,13-14H,2-3,12H2,1H3;1H. The van der Waals surface area contributed by atoms with E-state index in [1.165, 1.54) is 7.11 Å². The summed E-state index contributed by atoms with van der Waals surface area (Å²) in [4.78, 5) is 0. The third-order valence-electron chi connectivity index (χ3n) is 2.13. The van der Waals surface area contributed by atoms with Crippen LogP contribution in [0.5, 0.6) is 11.5 Å². The number of nitrogens with two attached hydrogens (primary N) is 1. The Balaban J connectivity index is 0.00000225. The lowest BCUT2D eigenvalue weighted by molar-refractivity contribution is 0.275. The fraction of sp³-hybridized carbons (Fsp3) is 0.400. The van der Waals surface area contributed by atoms with Gasteiger partial charge in [-0.2, -0.15) is 0 Å². The molecule has 92 valence electrons. The molecule has 1 aromatic carbocycles. The second kappa shape index (κ2) is 7.16. The highest BCUT2D eigenvalue weighted by Gasteiger charge is 2.15. The minimum atomic E-state index is -0.376. The number of rotatable bonds is 4. The molecule has 0 aliphatic heterocycles. The van der Waals surface area contributed by atoms with Crippen LogP contribution in [0.25, 0.3) is 0 Å². The van der Waals surface area contributed by atoms with Crippen LogP contribution in [0.1, 0.15) is 18.0 Å². The van der Waals surface area contributed by atoms with Gasteiger partial charge >= 0.3 is 0 Å². The molecular weight excluding hydrogens is 344 g/mol. The third kappa shape index (κ3) is 3.65. The van der Waals surface area contributed by atoms with Crippen LogP contribution >= 0.6 is 35.0 Å². The molecule has 0 bridgehead atoms. The second-order valence-corrected chi connectivity index (χ2v) is 4.41. The monoisotopic (exact) mass is 359 g/mol. The van der Waals surface area contributed by atoms with Gasteiger partial charge in [-0.05, 0) is 41.1 Å². The Kier molecular flexibility index (Phi) is 7.05. The van der Waals surface area contributed by atoms with Crippen LogP contribution in [0.2, 0.25) is 0 Å². The van der Waals surface area contributed by atoms with Crippen LogP contribution in [0, 0.1) is 3.57 Å². The van der Waals surface area contributed by atoms with Crippen molar-refractivity contribution in [3.63, 3.8) is 0 Å². The number of halogens is 2. The van der Waals surface area contributed by atoms with Gasteiger partial charge in [-0.3, -0.25) is 0 Å². The van der Waals surface area contributed by atoms with Crippen molar-refractivity contribution in [1.82, 2.24) is 0 Å². The van der Waals surface area contributed by atoms with E-state index in [2.05, 4.69) is 22.6 Å². The normalized spacial score (nSPS) is 11.8. The Hall–Kier alpha value is -0.240. The zero-order valence-electron chi connectivity index (χ0n) is 8.81. The van der Waals surface area contributed by atoms with Crippen molar-refractivity contribution in [3.8, 4) is 11.5 Å². The number of ether oxygens (including phenoxy) is 1. The summed E-state index contributed by atoms with van der Waals surface area (Å²) in [5, 5.41) is 18.6. The lowest BCUT2D eigenvalue weighted by atomic mass is 10.0. The van der Waals surface area contributed by atoms with Crippen molar-refractivity contribution in [3.05, 3.63) is 21.3 Å². The maximum absolute atomic E-state index is 9.82. The summed E-state index contributed by atoms with van der Waals surface area (Å²) in [6, 6.07) is 3.14. The number of hydrogen-bond donors (Lipinski definition) is 3. The quantitative estimate of drug-likeness (QED) is 0.717. The molecule has 4 N–H and O–H groups in total. The number of benzene rings is 1. The van der Waals surface area contributed by atoms with E-state index in [-0.39, 0.29) is 30.8 Å². The predicted octanol–water partition coefficient (Wildman–Crippen LogP) is 1.81. The van der Waals surface area contributed by atoms with Crippen molar-refractivity contribution < 1.29 is 14.9 Å². The minimum absolute atomic E-state index is 0. The van der Waals surface area contributed by atoms with E-state index < -0.39 is 0 Å². The highest BCUT2D eigenvalue weighted by molar-refractivity contribution is 14.1. The van der Waals surface area contributed by atoms with Crippen LogP contribution in [0.3, 0.4) is 0 Å². The molecular formula is C10H15ClINO3. The van der Waals surface area contributed by atoms with Gasteiger partial charge in [0, 0.05) is 21.8 Å². The Labute approximate surface area is 114 Å². The molecule has 0 saturated carbocycles. The number of phenolic OH excluding ortho intramolecular Hbond substituents is 1. The summed E-state index contributed by atoms with van der Waals surface area (Å²) in [6.45, 7) is -0.00556. The van der Waals surface area contributed by atoms with E-state index >= 15 is 0 Å². The molecule has 16 heavy (non-hydrogen) atoms. The van der Waals surface area contributed by atoms with Crippen LogP contribution in [-0.4, -0.2) is 23.9 Å². The first-order valence-corrected chi connectivity index (χ1v) is 5.60. The molecule has 1 atom stereocenters. The molecule has 0 heterocycles. The number of methoxy groups -OCH3 is 1. The van der Waals surface area contributed by atoms with E-state index in [1.54, 1.807) is 12.1 Å². The topological polar surface area (TPSA) is 75.7 Å². The van der Waals surface area contributed by atoms with Crippen LogP contribution in [0.4, 0.5) is 0 Å². The minimum Gasteiger partial charge on any atom is -0.504 e. The SMILES string of the molecule is COc1cc(I)cc(C(N)CCO)c1O.Cl. The zero-order chi connectivity index (χ0) is 11.4. The highest BCUT2D eigenvalue weighted by atomic mass is 127. The zero-order valence-corrected chi connectivity index (χ0v) is 11.8. The van der Waals surface area contributed by atoms with Gasteiger partial charge in [-0.25, -0.2) is 0 Å². The summed E-state index contributed by atoms with van der Waals surface area (Å²) in [7, 11) is 1.49. The van der Waals surface area contributed by atoms with E-state index in [0.717, 1.165) is 3.57 Å². The van der Waals surface area contributed by atoms with Gasteiger partial charge in [0.15, 0.2) is 11.5 Å². The fourth-order valence-corrected chi connectivity index (χ4v) is 1.95. The Morgan fingerprint density at radius 3 is 2.62 bits per heavy atom. The van der Waals surface area contributed by atoms with Gasteiger partial charge in [0.2, 0.25) is 0 Å². The molecule has 1 aromatic rings. The molecule has 0 aliphatic rings. The molecule has 1 unspecified atom stereocenters. The maximum atomic E-state index is 9.82. The number of hydrogen-bond acceptors (Lipinski definition) is 4. The van der Waals surface area contributed by atoms with Gasteiger partial charge in [0.05, 0.1) is 7.11 Å². The van der Waals surface area contributed by atoms with Crippen molar-refractivity contribution in [2.45, 2.75) is 12.5 Å². The third-order valence-corrected chi connectivity index (χ3v) is 2.75. The highest BCUT2D eigenvalue weighted by Crippen LogP contribution is 2.35. The molecule has 1 rings (SSSR count). The molecule has 0 aliphatic carbocycles. The average molecular weight is 360 g/mol. The van der Waals surface area contributed by atoms with Crippen molar-refractivity contribution in [2.24, 2.45) is 5.73 Å². The second-order valence-electron chi connectivity index (χ2n) is 3.16. The number of aliphatic hydroxyl groups is 1. The largest absolute Gasteiger partial charge is 0.504 e. The molecule has 0 fully saturated rings. The van der Waals surface area contributed by atoms with Crippen molar-refractivity contribution in [2.75, 3.05) is 13.7 Å². The maximum Gasteiger partial charge on any atom is 0.162 e. The number of aromatic hydroxyl groups is 1. The van der Waals surface area contributed by atoms with E-state index in [4.69, 9.17) is 15.6 Å². The summed E-state index contributed by atoms with van der Waals surface area (Å²) in [6.07, 6.45) is 0.413. The van der Waals surface area contributed by atoms with Crippen molar-refractivity contribution in [1.29, 1.82) is 0 Å². The fourth-order valence-electron chi connectivity index (χ4n) is 1.33. The number of aliphatic hydroxyl groups excluding tert-OH is 1. The van der Waals surface area contributed by atoms with Gasteiger partial charge in [0.1, 0.15) is 0 Å². The first-order valence-electron chi connectivity index (χ1n) is 4.53. The summed E-state index contributed by atoms with van der Waals surface area (Å²) in [5.74, 6) is 0.462. The predicted molar refractivity (Wildman–Crippen MR) is 73.3 cm³/mol. The lowest BCUT2D eigenvalue weighted by Gasteiger charge is -2.15. The Morgan fingerprint density at radius 2 is 2.12 bits per heavy atom. The molecule has 6 heteroatoms. The molecule has 4 nitrogen and oxygen atoms in total. The lowest BCUT2D eigenvalue weighted by Crippen LogP contribution is -2.12. The van der Waals surface area contributed by atoms with Gasteiger partial charge in [0.25, 0.3) is 0 Å². The van der Waals surface area contributed by atoms with Crippen LogP contribution in [-0.2, 0) is 0 Å². The molecule has 0 amide bonds. The van der Waals surface area contributed by atoms with Crippen LogP contribution in [0.15, 0.2) is 12.1 Å². The Bertz CT molecular complexity index is 349. The summed E-state index contributed by atoms with van der Waals surface area (Å²) < 4.78 is 5.96. The van der Waals surface area contributed by atoms with Crippen molar-refractivity contribution >= 4 is 35.0 Å². The van der Waals surface area contributed by atoms with Gasteiger partial charge in [-0.15, -0.1) is 12.4 Å². The molecule has 0 saturated heterocycles. The summed E-state index contributed by atoms with van der Waals surface area (Å²) in [5.41, 5.74) is 6.42. The number of phenols is 1. The van der Waals surface area contributed by atoms with Crippen LogP contribution < -0.4 is 10.5 Å². The molecule has 0 radical (unpaired) electrons. The first-order chi connectivity index (χ1) is 7.10. The average Bonchev–Trinajstić information content (AvgIpc) is 2.21. The van der Waals surface area contributed by atoms with E-state index in [0.29, 0.717) is 17.7 Å².